The summed E-state index contributed by atoms with van der Waals surface area (Å²) < 4.78 is 5.09. The van der Waals surface area contributed by atoms with Gasteiger partial charge in [-0.25, -0.2) is 0 Å². The van der Waals surface area contributed by atoms with Gasteiger partial charge in [0.1, 0.15) is 5.75 Å². The van der Waals surface area contributed by atoms with Gasteiger partial charge in [0.05, 0.1) is 20.7 Å². The molecule has 0 spiro atoms. The molecule has 0 fully saturated rings. The van der Waals surface area contributed by atoms with E-state index in [1.165, 1.54) is 4.90 Å². The Morgan fingerprint density at radius 1 is 1.17 bits per heavy atom. The molecule has 1 atom stereocenters. The smallest absolute Gasteiger partial charge is 0.279 e. The summed E-state index contributed by atoms with van der Waals surface area (Å²) in [5.74, 6) is -0.0231. The van der Waals surface area contributed by atoms with Gasteiger partial charge in [-0.3, -0.25) is 14.4 Å². The first-order chi connectivity index (χ1) is 11.3. The Kier molecular flexibility index (Phi) is 7.70. The molecule has 8 nitrogen and oxygen atoms in total. The molecule has 0 saturated heterocycles. The molecule has 1 unspecified atom stereocenters. The van der Waals surface area contributed by atoms with Gasteiger partial charge in [-0.1, -0.05) is 6.07 Å². The number of anilines is 1. The Morgan fingerprint density at radius 3 is 2.46 bits per heavy atom. The lowest BCUT2D eigenvalue weighted by molar-refractivity contribution is -0.862. The number of amides is 3. The van der Waals surface area contributed by atoms with Crippen LogP contribution in [0.5, 0.6) is 5.75 Å². The third-order valence-corrected chi connectivity index (χ3v) is 3.21. The van der Waals surface area contributed by atoms with E-state index in [-0.39, 0.29) is 37.4 Å². The number of hydrogen-bond donors (Lipinski definition) is 3. The zero-order valence-electron chi connectivity index (χ0n) is 14.5. The Bertz CT molecular complexity index is 589. The van der Waals surface area contributed by atoms with Gasteiger partial charge in [-0.05, 0) is 12.1 Å². The van der Waals surface area contributed by atoms with Gasteiger partial charge in [0.2, 0.25) is 5.91 Å². The predicted molar refractivity (Wildman–Crippen MR) is 89.9 cm³/mol. The molecular formula is C16H25N4O4+. The van der Waals surface area contributed by atoms with Crippen LogP contribution in [-0.2, 0) is 14.4 Å². The van der Waals surface area contributed by atoms with E-state index in [0.717, 1.165) is 0 Å². The molecule has 0 aliphatic rings. The summed E-state index contributed by atoms with van der Waals surface area (Å²) in [6, 6.07) is 7.04. The molecule has 0 bridgehead atoms. The van der Waals surface area contributed by atoms with Gasteiger partial charge in [-0.2, -0.15) is 0 Å². The van der Waals surface area contributed by atoms with Crippen molar-refractivity contribution in [3.63, 3.8) is 0 Å². The quantitative estimate of drug-likeness (QED) is 0.530. The first kappa shape index (κ1) is 19.4. The maximum absolute atomic E-state index is 12.0. The molecule has 1 rings (SSSR count). The van der Waals surface area contributed by atoms with Gasteiger partial charge in [0.25, 0.3) is 11.8 Å². The highest BCUT2D eigenvalue weighted by Gasteiger charge is 2.15. The number of quaternary nitrogens is 1. The van der Waals surface area contributed by atoms with Crippen LogP contribution in [0.2, 0.25) is 0 Å². The summed E-state index contributed by atoms with van der Waals surface area (Å²) in [5.41, 5.74) is 0.633. The first-order valence-electron chi connectivity index (χ1n) is 7.54. The molecule has 0 radical (unpaired) electrons. The molecule has 0 aromatic heterocycles. The molecule has 24 heavy (non-hydrogen) atoms. The molecule has 132 valence electrons. The molecule has 0 heterocycles. The van der Waals surface area contributed by atoms with Crippen LogP contribution in [0.15, 0.2) is 24.3 Å². The summed E-state index contributed by atoms with van der Waals surface area (Å²) in [7, 11) is 6.53. The maximum atomic E-state index is 12.0. The van der Waals surface area contributed by atoms with Crippen LogP contribution in [0.25, 0.3) is 0 Å². The molecule has 0 aliphatic heterocycles. The molecule has 3 N–H and O–H groups in total. The van der Waals surface area contributed by atoms with E-state index in [0.29, 0.717) is 16.3 Å². The zero-order chi connectivity index (χ0) is 18.1. The Morgan fingerprint density at radius 2 is 1.83 bits per heavy atom. The third-order valence-electron chi connectivity index (χ3n) is 3.21. The van der Waals surface area contributed by atoms with Crippen molar-refractivity contribution < 1.29 is 24.0 Å². The summed E-state index contributed by atoms with van der Waals surface area (Å²) in [4.78, 5) is 37.3. The van der Waals surface area contributed by atoms with Gasteiger partial charge in [0.15, 0.2) is 13.1 Å². The van der Waals surface area contributed by atoms with Crippen molar-refractivity contribution in [3.8, 4) is 5.75 Å². The monoisotopic (exact) mass is 337 g/mol. The number of nitrogens with one attached hydrogen (secondary N) is 3. The van der Waals surface area contributed by atoms with Crippen molar-refractivity contribution in [2.24, 2.45) is 0 Å². The number of rotatable bonds is 8. The van der Waals surface area contributed by atoms with Crippen molar-refractivity contribution in [2.75, 3.05) is 53.2 Å². The van der Waals surface area contributed by atoms with E-state index in [9.17, 15) is 14.4 Å². The number of nitrogens with zero attached hydrogens (tertiary/aromatic N) is 1. The van der Waals surface area contributed by atoms with E-state index in [1.54, 1.807) is 52.5 Å². The van der Waals surface area contributed by atoms with Crippen molar-refractivity contribution in [1.29, 1.82) is 0 Å². The van der Waals surface area contributed by atoms with E-state index in [1.807, 2.05) is 0 Å². The Balaban J connectivity index is 2.38. The normalized spacial score (nSPS) is 11.3. The summed E-state index contributed by atoms with van der Waals surface area (Å²) in [6.07, 6.45) is 0. The molecular weight excluding hydrogens is 312 g/mol. The van der Waals surface area contributed by atoms with Crippen LogP contribution in [-0.4, -0.2) is 70.5 Å². The van der Waals surface area contributed by atoms with Crippen LogP contribution in [0.4, 0.5) is 5.69 Å². The SMILES string of the molecule is COc1cccc(NC(=O)C[NH+](C)CC(=O)NCC(=O)N(C)C)c1. The number of hydrogen-bond acceptors (Lipinski definition) is 4. The minimum Gasteiger partial charge on any atom is -0.497 e. The van der Waals surface area contributed by atoms with Crippen LogP contribution in [0.3, 0.4) is 0 Å². The van der Waals surface area contributed by atoms with E-state index in [2.05, 4.69) is 10.6 Å². The summed E-state index contributed by atoms with van der Waals surface area (Å²) in [6.45, 7) is 0.188. The fraction of sp³-hybridized carbons (Fsp3) is 0.438. The molecule has 1 aromatic carbocycles. The zero-order valence-corrected chi connectivity index (χ0v) is 14.5. The van der Waals surface area contributed by atoms with Gasteiger partial charge < -0.3 is 25.2 Å². The lowest BCUT2D eigenvalue weighted by Gasteiger charge is -2.15. The second kappa shape index (κ2) is 9.51. The minimum absolute atomic E-state index is 0.0465. The molecule has 0 saturated carbocycles. The largest absolute Gasteiger partial charge is 0.497 e. The number of methoxy groups -OCH3 is 1. The number of benzene rings is 1. The van der Waals surface area contributed by atoms with Crippen LogP contribution in [0, 0.1) is 0 Å². The summed E-state index contributed by atoms with van der Waals surface area (Å²) in [5, 5.41) is 5.29. The standard InChI is InChI=1S/C16H24N4O4/c1-19(2)16(23)9-17-14(21)10-20(3)11-15(22)18-12-6-5-7-13(8-12)24-4/h5-8H,9-11H2,1-4H3,(H,17,21)(H,18,22)/p+1. The van der Waals surface area contributed by atoms with Crippen molar-refractivity contribution in [1.82, 2.24) is 10.2 Å². The van der Waals surface area contributed by atoms with E-state index >= 15 is 0 Å². The second-order valence-electron chi connectivity index (χ2n) is 5.66. The molecule has 8 heteroatoms. The summed E-state index contributed by atoms with van der Waals surface area (Å²) >= 11 is 0. The number of likely N-dealkylation sites (N-methyl/N-ethyl adjacent to an activating group) is 2. The third kappa shape index (κ3) is 7.10. The highest BCUT2D eigenvalue weighted by Crippen LogP contribution is 2.16. The molecule has 1 aromatic rings. The fourth-order valence-electron chi connectivity index (χ4n) is 1.91. The van der Waals surface area contributed by atoms with Crippen molar-refractivity contribution in [3.05, 3.63) is 24.3 Å². The van der Waals surface area contributed by atoms with Crippen molar-refractivity contribution in [2.45, 2.75) is 0 Å². The van der Waals surface area contributed by atoms with Gasteiger partial charge in [-0.15, -0.1) is 0 Å². The van der Waals surface area contributed by atoms with Crippen LogP contribution < -0.4 is 20.3 Å². The van der Waals surface area contributed by atoms with E-state index < -0.39 is 0 Å². The molecule has 3 amide bonds. The Hall–Kier alpha value is -2.61. The number of carbonyl (C=O) groups excluding carboxylic acids is 3. The van der Waals surface area contributed by atoms with Crippen LogP contribution >= 0.6 is 0 Å². The highest BCUT2D eigenvalue weighted by molar-refractivity contribution is 5.91. The van der Waals surface area contributed by atoms with Crippen molar-refractivity contribution >= 4 is 23.4 Å². The lowest BCUT2D eigenvalue weighted by atomic mass is 10.3. The van der Waals surface area contributed by atoms with E-state index in [4.69, 9.17) is 4.74 Å². The van der Waals surface area contributed by atoms with Gasteiger partial charge >= 0.3 is 0 Å². The second-order valence-corrected chi connectivity index (χ2v) is 5.66. The van der Waals surface area contributed by atoms with Crippen LogP contribution in [0.1, 0.15) is 0 Å². The number of ether oxygens (including phenoxy) is 1. The fourth-order valence-corrected chi connectivity index (χ4v) is 1.91. The first-order valence-corrected chi connectivity index (χ1v) is 7.54. The average molecular weight is 337 g/mol. The maximum Gasteiger partial charge on any atom is 0.279 e. The number of carbonyl (C=O) groups is 3. The Labute approximate surface area is 141 Å². The van der Waals surface area contributed by atoms with Gasteiger partial charge in [0, 0.05) is 25.8 Å². The average Bonchev–Trinajstić information content (AvgIpc) is 2.52. The lowest BCUT2D eigenvalue weighted by Crippen LogP contribution is -3.11. The highest BCUT2D eigenvalue weighted by atomic mass is 16.5. The predicted octanol–water partition coefficient (Wildman–Crippen LogP) is -1.65. The molecule has 0 aliphatic carbocycles. The topological polar surface area (TPSA) is 92.2 Å². The minimum atomic E-state index is -0.281.